The summed E-state index contributed by atoms with van der Waals surface area (Å²) in [5, 5.41) is 0.982. The van der Waals surface area contributed by atoms with Crippen molar-refractivity contribution in [3.8, 4) is 5.88 Å². The number of para-hydroxylation sites is 1. The number of rotatable bonds is 8. The predicted octanol–water partition coefficient (Wildman–Crippen LogP) is 2.98. The molecule has 0 radical (unpaired) electrons. The van der Waals surface area contributed by atoms with Crippen LogP contribution in [-0.4, -0.2) is 65.1 Å². The Hall–Kier alpha value is -1.98. The monoisotopic (exact) mass is 340 g/mol. The lowest BCUT2D eigenvalue weighted by molar-refractivity contribution is 0.0708. The number of ether oxygens (including phenoxy) is 1. The van der Waals surface area contributed by atoms with Crippen LogP contribution in [0.5, 0.6) is 5.88 Å². The first-order valence-corrected chi connectivity index (χ1v) is 9.21. The molecule has 0 aliphatic carbocycles. The van der Waals surface area contributed by atoms with Crippen LogP contribution in [0.1, 0.15) is 19.8 Å². The molecule has 0 bridgehead atoms. The molecule has 1 atom stereocenters. The van der Waals surface area contributed by atoms with E-state index in [1.807, 2.05) is 30.3 Å². The number of fused-ring (bicyclic) bond motifs is 1. The lowest BCUT2D eigenvalue weighted by Gasteiger charge is -2.38. The molecule has 0 amide bonds. The van der Waals surface area contributed by atoms with E-state index in [1.54, 1.807) is 6.33 Å². The van der Waals surface area contributed by atoms with Gasteiger partial charge in [0.1, 0.15) is 12.9 Å². The molecule has 1 aromatic heterocycles. The predicted molar refractivity (Wildman–Crippen MR) is 102 cm³/mol. The normalized spacial score (nSPS) is 17.5. The summed E-state index contributed by atoms with van der Waals surface area (Å²) in [6.07, 6.45) is 5.87. The molecule has 0 saturated carbocycles. The van der Waals surface area contributed by atoms with Crippen LogP contribution in [0.2, 0.25) is 0 Å². The zero-order chi connectivity index (χ0) is 17.5. The number of hydrogen-bond acceptors (Lipinski definition) is 5. The van der Waals surface area contributed by atoms with Crippen molar-refractivity contribution in [3.05, 3.63) is 43.2 Å². The smallest absolute Gasteiger partial charge is 0.224 e. The number of benzene rings is 1. The first-order valence-electron chi connectivity index (χ1n) is 9.21. The standard InChI is InChI=1S/C20H28N4O/c1-3-7-17(24-13-11-23(10-4-2)12-14-24)15-25-20-18-8-5-6-9-19(18)21-16-22-20/h4-6,8-9,16-17H,2-3,7,10-15H2,1H3. The van der Waals surface area contributed by atoms with Gasteiger partial charge in [0.25, 0.3) is 0 Å². The first kappa shape index (κ1) is 17.8. The topological polar surface area (TPSA) is 41.5 Å². The Labute approximate surface area is 150 Å². The molecule has 1 unspecified atom stereocenters. The van der Waals surface area contributed by atoms with Gasteiger partial charge in [-0.05, 0) is 18.6 Å². The fourth-order valence-electron chi connectivity index (χ4n) is 3.47. The molecular formula is C20H28N4O. The van der Waals surface area contributed by atoms with E-state index in [1.165, 1.54) is 0 Å². The maximum atomic E-state index is 6.14. The summed E-state index contributed by atoms with van der Waals surface area (Å²) >= 11 is 0. The molecule has 1 saturated heterocycles. The zero-order valence-corrected chi connectivity index (χ0v) is 15.1. The second-order valence-electron chi connectivity index (χ2n) is 6.57. The third-order valence-corrected chi connectivity index (χ3v) is 4.85. The zero-order valence-electron chi connectivity index (χ0n) is 15.1. The van der Waals surface area contributed by atoms with Crippen LogP contribution in [0.25, 0.3) is 10.9 Å². The van der Waals surface area contributed by atoms with Crippen molar-refractivity contribution >= 4 is 10.9 Å². The van der Waals surface area contributed by atoms with Crippen molar-refractivity contribution in [2.75, 3.05) is 39.3 Å². The van der Waals surface area contributed by atoms with Crippen LogP contribution in [0, 0.1) is 0 Å². The molecule has 1 aromatic carbocycles. The molecule has 5 heteroatoms. The third kappa shape index (κ3) is 4.55. The van der Waals surface area contributed by atoms with Gasteiger partial charge in [0.05, 0.1) is 10.9 Å². The van der Waals surface area contributed by atoms with Gasteiger partial charge in [0.2, 0.25) is 5.88 Å². The van der Waals surface area contributed by atoms with E-state index in [2.05, 4.69) is 33.3 Å². The largest absolute Gasteiger partial charge is 0.475 e. The van der Waals surface area contributed by atoms with Crippen molar-refractivity contribution in [2.45, 2.75) is 25.8 Å². The van der Waals surface area contributed by atoms with Crippen LogP contribution in [0.15, 0.2) is 43.2 Å². The summed E-state index contributed by atoms with van der Waals surface area (Å²) < 4.78 is 6.14. The molecule has 5 nitrogen and oxygen atoms in total. The molecule has 2 aromatic rings. The minimum absolute atomic E-state index is 0.435. The Balaban J connectivity index is 1.63. The Morgan fingerprint density at radius 3 is 2.76 bits per heavy atom. The van der Waals surface area contributed by atoms with E-state index in [0.29, 0.717) is 18.5 Å². The van der Waals surface area contributed by atoms with Crippen LogP contribution in [-0.2, 0) is 0 Å². The quantitative estimate of drug-likeness (QED) is 0.691. The molecule has 0 N–H and O–H groups in total. The highest BCUT2D eigenvalue weighted by Crippen LogP contribution is 2.21. The molecule has 1 aliphatic rings. The van der Waals surface area contributed by atoms with Gasteiger partial charge in [0.15, 0.2) is 0 Å². The summed E-state index contributed by atoms with van der Waals surface area (Å²) in [6.45, 7) is 12.1. The van der Waals surface area contributed by atoms with Crippen LogP contribution in [0.3, 0.4) is 0 Å². The van der Waals surface area contributed by atoms with E-state index >= 15 is 0 Å². The summed E-state index contributed by atoms with van der Waals surface area (Å²) in [7, 11) is 0. The Morgan fingerprint density at radius 2 is 2.00 bits per heavy atom. The minimum Gasteiger partial charge on any atom is -0.475 e. The summed E-state index contributed by atoms with van der Waals surface area (Å²) in [4.78, 5) is 13.7. The molecule has 3 rings (SSSR count). The first-order chi connectivity index (χ1) is 12.3. The maximum absolute atomic E-state index is 6.14. The van der Waals surface area contributed by atoms with E-state index in [9.17, 15) is 0 Å². The van der Waals surface area contributed by atoms with E-state index in [4.69, 9.17) is 4.74 Å². The fourth-order valence-corrected chi connectivity index (χ4v) is 3.47. The lowest BCUT2D eigenvalue weighted by Crippen LogP contribution is -2.51. The number of piperazine rings is 1. The van der Waals surface area contributed by atoms with Gasteiger partial charge < -0.3 is 4.74 Å². The van der Waals surface area contributed by atoms with Crippen molar-refractivity contribution in [1.29, 1.82) is 0 Å². The minimum atomic E-state index is 0.435. The second-order valence-corrected chi connectivity index (χ2v) is 6.57. The summed E-state index contributed by atoms with van der Waals surface area (Å²) in [6, 6.07) is 8.44. The van der Waals surface area contributed by atoms with Gasteiger partial charge in [-0.1, -0.05) is 31.6 Å². The van der Waals surface area contributed by atoms with E-state index in [-0.39, 0.29) is 0 Å². The van der Waals surface area contributed by atoms with Gasteiger partial charge in [-0.15, -0.1) is 6.58 Å². The second kappa shape index (κ2) is 8.92. The van der Waals surface area contributed by atoms with Crippen molar-refractivity contribution in [2.24, 2.45) is 0 Å². The fraction of sp³-hybridized carbons (Fsp3) is 0.500. The SMILES string of the molecule is C=CCN1CCN(C(CCC)COc2ncnc3ccccc23)CC1. The highest BCUT2D eigenvalue weighted by Gasteiger charge is 2.23. The maximum Gasteiger partial charge on any atom is 0.224 e. The van der Waals surface area contributed by atoms with Crippen LogP contribution >= 0.6 is 0 Å². The lowest BCUT2D eigenvalue weighted by atomic mass is 10.1. The Morgan fingerprint density at radius 1 is 1.20 bits per heavy atom. The average Bonchev–Trinajstić information content (AvgIpc) is 2.66. The molecular weight excluding hydrogens is 312 g/mol. The molecule has 0 spiro atoms. The molecule has 1 aliphatic heterocycles. The average molecular weight is 340 g/mol. The summed E-state index contributed by atoms with van der Waals surface area (Å²) in [5.41, 5.74) is 0.928. The van der Waals surface area contributed by atoms with Crippen molar-refractivity contribution < 1.29 is 4.74 Å². The van der Waals surface area contributed by atoms with E-state index < -0.39 is 0 Å². The van der Waals surface area contributed by atoms with Gasteiger partial charge in [-0.3, -0.25) is 9.80 Å². The van der Waals surface area contributed by atoms with Crippen molar-refractivity contribution in [3.63, 3.8) is 0 Å². The molecule has 25 heavy (non-hydrogen) atoms. The van der Waals surface area contributed by atoms with Gasteiger partial charge >= 0.3 is 0 Å². The van der Waals surface area contributed by atoms with Crippen LogP contribution < -0.4 is 4.74 Å². The highest BCUT2D eigenvalue weighted by molar-refractivity contribution is 5.82. The van der Waals surface area contributed by atoms with Gasteiger partial charge in [-0.25, -0.2) is 9.97 Å². The molecule has 2 heterocycles. The summed E-state index contributed by atoms with van der Waals surface area (Å²) in [5.74, 6) is 0.692. The Bertz CT molecular complexity index is 677. The third-order valence-electron chi connectivity index (χ3n) is 4.85. The number of hydrogen-bond donors (Lipinski definition) is 0. The van der Waals surface area contributed by atoms with Gasteiger partial charge in [-0.2, -0.15) is 0 Å². The Kier molecular flexibility index (Phi) is 6.36. The van der Waals surface area contributed by atoms with E-state index in [0.717, 1.165) is 56.5 Å². The number of nitrogens with zero attached hydrogens (tertiary/aromatic N) is 4. The van der Waals surface area contributed by atoms with Gasteiger partial charge in [0, 0.05) is 38.8 Å². The molecule has 134 valence electrons. The van der Waals surface area contributed by atoms with Crippen LogP contribution in [0.4, 0.5) is 0 Å². The number of aromatic nitrogens is 2. The highest BCUT2D eigenvalue weighted by atomic mass is 16.5. The molecule has 1 fully saturated rings. The van der Waals surface area contributed by atoms with Crippen molar-refractivity contribution in [1.82, 2.24) is 19.8 Å².